The normalized spacial score (nSPS) is 14.6. The molecular formula is C23H24FN5O5S. The fraction of sp³-hybridized carbons (Fsp3) is 0.391. The molecule has 1 aromatic carbocycles. The number of ether oxygens (including phenoxy) is 2. The van der Waals surface area contributed by atoms with E-state index >= 15 is 0 Å². The number of nitrogens with zero attached hydrogens (tertiary/aromatic N) is 4. The smallest absolute Gasteiger partial charge is 0.332 e. The number of aromatic nitrogens is 4. The molecule has 0 spiro atoms. The summed E-state index contributed by atoms with van der Waals surface area (Å²) in [6.45, 7) is 1.62. The van der Waals surface area contributed by atoms with Crippen LogP contribution in [-0.2, 0) is 17.9 Å². The number of hydrogen-bond donors (Lipinski definition) is 1. The first kappa shape index (κ1) is 23.4. The lowest BCUT2D eigenvalue weighted by molar-refractivity contribution is 0.174. The summed E-state index contributed by atoms with van der Waals surface area (Å²) in [6.07, 6.45) is 1.34. The molecule has 4 heterocycles. The van der Waals surface area contributed by atoms with E-state index in [2.05, 4.69) is 15.5 Å². The van der Waals surface area contributed by atoms with Crippen molar-refractivity contribution in [3.63, 3.8) is 0 Å². The average Bonchev–Trinajstić information content (AvgIpc) is 3.50. The lowest BCUT2D eigenvalue weighted by atomic mass is 10.1. The predicted molar refractivity (Wildman–Crippen MR) is 128 cm³/mol. The van der Waals surface area contributed by atoms with Crippen LogP contribution in [0.25, 0.3) is 20.7 Å². The van der Waals surface area contributed by atoms with Crippen LogP contribution in [0.2, 0.25) is 0 Å². The van der Waals surface area contributed by atoms with Crippen LogP contribution in [0.3, 0.4) is 0 Å². The minimum atomic E-state index is -0.434. The van der Waals surface area contributed by atoms with Gasteiger partial charge in [0.05, 0.1) is 12.6 Å². The van der Waals surface area contributed by atoms with Crippen LogP contribution in [0.4, 0.5) is 4.39 Å². The Balaban J connectivity index is 1.70. The molecule has 4 aromatic rings. The van der Waals surface area contributed by atoms with E-state index in [1.807, 2.05) is 0 Å². The van der Waals surface area contributed by atoms with Gasteiger partial charge in [0, 0.05) is 29.7 Å². The summed E-state index contributed by atoms with van der Waals surface area (Å²) in [6, 6.07) is 5.75. The van der Waals surface area contributed by atoms with Crippen molar-refractivity contribution in [1.29, 1.82) is 0 Å². The van der Waals surface area contributed by atoms with Gasteiger partial charge in [-0.05, 0) is 44.1 Å². The van der Waals surface area contributed by atoms with E-state index in [1.54, 1.807) is 12.1 Å². The molecule has 10 nitrogen and oxygen atoms in total. The second kappa shape index (κ2) is 9.72. The molecule has 12 heteroatoms. The summed E-state index contributed by atoms with van der Waals surface area (Å²) in [5, 5.41) is 7.13. The van der Waals surface area contributed by atoms with Crippen LogP contribution >= 0.6 is 11.3 Å². The molecule has 5 rings (SSSR count). The molecule has 0 aliphatic carbocycles. The van der Waals surface area contributed by atoms with Gasteiger partial charge < -0.3 is 19.3 Å². The van der Waals surface area contributed by atoms with Crippen LogP contribution in [-0.4, -0.2) is 46.6 Å². The first-order valence-electron chi connectivity index (χ1n) is 11.1. The molecule has 0 saturated carbocycles. The summed E-state index contributed by atoms with van der Waals surface area (Å²) in [5.41, 5.74) is 0.303. The Morgan fingerprint density at radius 1 is 1.23 bits per heavy atom. The molecule has 0 radical (unpaired) electrons. The number of methoxy groups -OCH3 is 2. The van der Waals surface area contributed by atoms with Gasteiger partial charge in [0.2, 0.25) is 5.89 Å². The van der Waals surface area contributed by atoms with Gasteiger partial charge in [-0.1, -0.05) is 5.16 Å². The van der Waals surface area contributed by atoms with Crippen molar-refractivity contribution < 1.29 is 18.4 Å². The highest BCUT2D eigenvalue weighted by Gasteiger charge is 2.25. The monoisotopic (exact) mass is 501 g/mol. The lowest BCUT2D eigenvalue weighted by Gasteiger charge is -2.24. The van der Waals surface area contributed by atoms with Crippen LogP contribution in [0, 0.1) is 5.82 Å². The average molecular weight is 502 g/mol. The van der Waals surface area contributed by atoms with Crippen LogP contribution in [0.15, 0.2) is 38.4 Å². The number of rotatable bonds is 7. The highest BCUT2D eigenvalue weighted by Crippen LogP contribution is 2.37. The minimum absolute atomic E-state index is 0.00593. The number of halogens is 1. The van der Waals surface area contributed by atoms with Gasteiger partial charge in [-0.15, -0.1) is 11.3 Å². The first-order chi connectivity index (χ1) is 17.0. The van der Waals surface area contributed by atoms with Gasteiger partial charge in [0.25, 0.3) is 5.56 Å². The van der Waals surface area contributed by atoms with E-state index < -0.39 is 11.5 Å². The van der Waals surface area contributed by atoms with Crippen molar-refractivity contribution in [3.05, 3.63) is 62.6 Å². The maximum absolute atomic E-state index is 13.8. The van der Waals surface area contributed by atoms with E-state index in [0.717, 1.165) is 13.1 Å². The van der Waals surface area contributed by atoms with E-state index in [1.165, 1.54) is 46.8 Å². The van der Waals surface area contributed by atoms with Gasteiger partial charge >= 0.3 is 5.69 Å². The Labute approximate surface area is 202 Å². The fourth-order valence-electron chi connectivity index (χ4n) is 4.38. The van der Waals surface area contributed by atoms with Crippen LogP contribution < -0.4 is 21.3 Å². The van der Waals surface area contributed by atoms with Crippen molar-refractivity contribution in [2.75, 3.05) is 27.3 Å². The standard InChI is InChI=1S/C23H24FN5O5S/c1-32-12-19-26-20(34-27-19)11-28-16-10-18(15-4-3-13(24)9-17(15)33-2)35-21(16)22(30)29(23(28)31)14-5-7-25-8-6-14/h3-4,9-10,14,25H,5-8,11-12H2,1-2H3. The topological polar surface area (TPSA) is 113 Å². The maximum Gasteiger partial charge on any atom is 0.332 e. The Bertz CT molecular complexity index is 1480. The Hall–Kier alpha value is -3.35. The van der Waals surface area contributed by atoms with Gasteiger partial charge in [0.15, 0.2) is 5.82 Å². The number of nitrogens with one attached hydrogen (secondary N) is 1. The van der Waals surface area contributed by atoms with Crippen molar-refractivity contribution >= 4 is 21.6 Å². The van der Waals surface area contributed by atoms with E-state index in [4.69, 9.17) is 14.0 Å². The SMILES string of the molecule is COCc1noc(Cn2c(=O)n(C3CCNCC3)c(=O)c3sc(-c4ccc(F)cc4OC)cc32)n1. The zero-order valence-corrected chi connectivity index (χ0v) is 20.1. The van der Waals surface area contributed by atoms with E-state index in [9.17, 15) is 14.0 Å². The van der Waals surface area contributed by atoms with Crippen molar-refractivity contribution in [3.8, 4) is 16.2 Å². The van der Waals surface area contributed by atoms with E-state index in [0.29, 0.717) is 45.1 Å². The summed E-state index contributed by atoms with van der Waals surface area (Å²) in [7, 11) is 2.98. The zero-order valence-electron chi connectivity index (χ0n) is 19.2. The van der Waals surface area contributed by atoms with Gasteiger partial charge in [0.1, 0.15) is 29.4 Å². The molecule has 1 fully saturated rings. The lowest BCUT2D eigenvalue weighted by Crippen LogP contribution is -2.45. The predicted octanol–water partition coefficient (Wildman–Crippen LogP) is 2.54. The third kappa shape index (κ3) is 4.40. The highest BCUT2D eigenvalue weighted by molar-refractivity contribution is 7.22. The van der Waals surface area contributed by atoms with Crippen LogP contribution in [0.5, 0.6) is 5.75 Å². The number of fused-ring (bicyclic) bond motifs is 1. The number of hydrogen-bond acceptors (Lipinski definition) is 9. The molecule has 1 saturated heterocycles. The molecule has 0 amide bonds. The Morgan fingerprint density at radius 2 is 2.03 bits per heavy atom. The number of piperidine rings is 1. The molecule has 3 aromatic heterocycles. The maximum atomic E-state index is 13.8. The Morgan fingerprint density at radius 3 is 2.77 bits per heavy atom. The summed E-state index contributed by atoms with van der Waals surface area (Å²) in [4.78, 5) is 32.2. The zero-order chi connectivity index (χ0) is 24.5. The molecule has 184 valence electrons. The van der Waals surface area contributed by atoms with Crippen molar-refractivity contribution in [1.82, 2.24) is 24.6 Å². The fourth-order valence-corrected chi connectivity index (χ4v) is 5.51. The molecule has 1 N–H and O–H groups in total. The molecule has 1 aliphatic rings. The molecule has 1 aliphatic heterocycles. The van der Waals surface area contributed by atoms with Crippen molar-refractivity contribution in [2.24, 2.45) is 0 Å². The van der Waals surface area contributed by atoms with Gasteiger partial charge in [-0.25, -0.2) is 9.18 Å². The third-order valence-corrected chi connectivity index (χ3v) is 7.18. The summed E-state index contributed by atoms with van der Waals surface area (Å²) < 4.78 is 32.8. The quantitative estimate of drug-likeness (QED) is 0.411. The first-order valence-corrected chi connectivity index (χ1v) is 12.0. The Kier molecular flexibility index (Phi) is 6.50. The second-order valence-electron chi connectivity index (χ2n) is 8.23. The summed E-state index contributed by atoms with van der Waals surface area (Å²) in [5.74, 6) is 0.494. The van der Waals surface area contributed by atoms with E-state index in [-0.39, 0.29) is 30.6 Å². The number of benzene rings is 1. The molecule has 0 bridgehead atoms. The summed E-state index contributed by atoms with van der Waals surface area (Å²) >= 11 is 1.24. The molecular weight excluding hydrogens is 477 g/mol. The molecule has 35 heavy (non-hydrogen) atoms. The highest BCUT2D eigenvalue weighted by atomic mass is 32.1. The van der Waals surface area contributed by atoms with Crippen LogP contribution in [0.1, 0.15) is 30.6 Å². The van der Waals surface area contributed by atoms with Gasteiger partial charge in [-0.3, -0.25) is 13.9 Å². The minimum Gasteiger partial charge on any atom is -0.496 e. The largest absolute Gasteiger partial charge is 0.496 e. The van der Waals surface area contributed by atoms with Gasteiger partial charge in [-0.2, -0.15) is 4.98 Å². The third-order valence-electron chi connectivity index (χ3n) is 6.03. The molecule has 0 unspecified atom stereocenters. The molecule has 0 atom stereocenters. The second-order valence-corrected chi connectivity index (χ2v) is 9.28. The van der Waals surface area contributed by atoms with Crippen molar-refractivity contribution in [2.45, 2.75) is 32.0 Å². The number of thiophene rings is 1.